The van der Waals surface area contributed by atoms with Crippen LogP contribution in [0.1, 0.15) is 11.1 Å². The van der Waals surface area contributed by atoms with Crippen LogP contribution in [0.3, 0.4) is 0 Å². The van der Waals surface area contributed by atoms with Gasteiger partial charge in [-0.15, -0.1) is 0 Å². The Bertz CT molecular complexity index is 564. The van der Waals surface area contributed by atoms with E-state index in [0.717, 1.165) is 22.6 Å². The van der Waals surface area contributed by atoms with E-state index in [2.05, 4.69) is 0 Å². The highest BCUT2D eigenvalue weighted by Crippen LogP contribution is 2.19. The van der Waals surface area contributed by atoms with Crippen LogP contribution in [0.2, 0.25) is 0 Å². The van der Waals surface area contributed by atoms with E-state index in [4.69, 9.17) is 11.5 Å². The van der Waals surface area contributed by atoms with E-state index in [1.165, 1.54) is 24.3 Å². The molecular weight excluding hydrogens is 290 g/mol. The van der Waals surface area contributed by atoms with Crippen LogP contribution in [0.15, 0.2) is 36.4 Å². The lowest BCUT2D eigenvalue weighted by atomic mass is 10.1. The molecule has 0 aromatic heterocycles. The maximum atomic E-state index is 13.1. The van der Waals surface area contributed by atoms with Crippen molar-refractivity contribution in [3.05, 3.63) is 59.2 Å². The quantitative estimate of drug-likeness (QED) is 0.632. The molecule has 0 radical (unpaired) electrons. The Balaban J connectivity index is 1.77. The summed E-state index contributed by atoms with van der Waals surface area (Å²) in [5.41, 5.74) is 14.5. The number of rotatable bonds is 6. The van der Waals surface area contributed by atoms with Gasteiger partial charge in [-0.05, 0) is 71.9 Å². The fourth-order valence-electron chi connectivity index (χ4n) is 2.05. The Morgan fingerprint density at radius 1 is 0.762 bits per heavy atom. The molecule has 0 spiro atoms. The van der Waals surface area contributed by atoms with Gasteiger partial charge in [0.05, 0.1) is 0 Å². The van der Waals surface area contributed by atoms with E-state index in [1.807, 2.05) is 0 Å². The van der Waals surface area contributed by atoms with Crippen molar-refractivity contribution >= 4 is 23.1 Å². The number of hydrogen-bond acceptors (Lipinski definition) is 3. The average Bonchev–Trinajstić information content (AvgIpc) is 2.45. The normalized spacial score (nSPS) is 10.8. The maximum Gasteiger partial charge on any atom is 0.123 e. The minimum atomic E-state index is -0.267. The zero-order chi connectivity index (χ0) is 15.2. The van der Waals surface area contributed by atoms with Crippen molar-refractivity contribution < 1.29 is 8.78 Å². The number of nitrogens with two attached hydrogens (primary N) is 2. The number of aryl methyl sites for hydroxylation is 2. The lowest BCUT2D eigenvalue weighted by Gasteiger charge is -2.07. The van der Waals surface area contributed by atoms with Crippen LogP contribution in [0, 0.1) is 11.6 Å². The molecule has 21 heavy (non-hydrogen) atoms. The fraction of sp³-hybridized carbons (Fsp3) is 0.250. The first-order chi connectivity index (χ1) is 10.1. The molecule has 2 nitrogen and oxygen atoms in total. The summed E-state index contributed by atoms with van der Waals surface area (Å²) in [5, 5.41) is 0. The van der Waals surface area contributed by atoms with Crippen molar-refractivity contribution in [2.75, 3.05) is 23.0 Å². The predicted molar refractivity (Wildman–Crippen MR) is 86.4 cm³/mol. The summed E-state index contributed by atoms with van der Waals surface area (Å²) >= 11 is 1.72. The Morgan fingerprint density at radius 3 is 1.62 bits per heavy atom. The van der Waals surface area contributed by atoms with E-state index in [0.29, 0.717) is 24.2 Å². The molecule has 2 aromatic carbocycles. The summed E-state index contributed by atoms with van der Waals surface area (Å²) in [6, 6.07) is 8.84. The lowest BCUT2D eigenvalue weighted by Crippen LogP contribution is -2.00. The van der Waals surface area contributed by atoms with Crippen LogP contribution < -0.4 is 11.5 Å². The van der Waals surface area contributed by atoms with Gasteiger partial charge in [-0.3, -0.25) is 0 Å². The molecule has 2 rings (SSSR count). The van der Waals surface area contributed by atoms with E-state index in [9.17, 15) is 8.78 Å². The van der Waals surface area contributed by atoms with Crippen LogP contribution in [-0.4, -0.2) is 11.5 Å². The lowest BCUT2D eigenvalue weighted by molar-refractivity contribution is 0.626. The molecule has 0 heterocycles. The first-order valence-electron chi connectivity index (χ1n) is 6.72. The number of benzene rings is 2. The second-order valence-electron chi connectivity index (χ2n) is 4.80. The van der Waals surface area contributed by atoms with Crippen molar-refractivity contribution in [1.29, 1.82) is 0 Å². The summed E-state index contributed by atoms with van der Waals surface area (Å²) in [7, 11) is 0. The van der Waals surface area contributed by atoms with Gasteiger partial charge in [0.2, 0.25) is 0 Å². The number of hydrogen-bond donors (Lipinski definition) is 2. The summed E-state index contributed by atoms with van der Waals surface area (Å²) in [6.45, 7) is 0. The molecule has 112 valence electrons. The Morgan fingerprint density at radius 2 is 1.19 bits per heavy atom. The van der Waals surface area contributed by atoms with Crippen molar-refractivity contribution in [2.24, 2.45) is 0 Å². The smallest absolute Gasteiger partial charge is 0.123 e. The van der Waals surface area contributed by atoms with Gasteiger partial charge >= 0.3 is 0 Å². The second kappa shape index (κ2) is 7.31. The molecule has 2 aromatic rings. The van der Waals surface area contributed by atoms with Crippen LogP contribution in [0.4, 0.5) is 20.2 Å². The van der Waals surface area contributed by atoms with E-state index in [-0.39, 0.29) is 11.6 Å². The average molecular weight is 308 g/mol. The van der Waals surface area contributed by atoms with Crippen LogP contribution in [-0.2, 0) is 12.8 Å². The molecule has 5 heteroatoms. The largest absolute Gasteiger partial charge is 0.399 e. The highest BCUT2D eigenvalue weighted by Gasteiger charge is 2.03. The highest BCUT2D eigenvalue weighted by molar-refractivity contribution is 7.99. The summed E-state index contributed by atoms with van der Waals surface area (Å²) in [6.07, 6.45) is 1.43. The Kier molecular flexibility index (Phi) is 5.44. The third-order valence-electron chi connectivity index (χ3n) is 3.24. The van der Waals surface area contributed by atoms with Crippen LogP contribution in [0.5, 0.6) is 0 Å². The zero-order valence-corrected chi connectivity index (χ0v) is 12.4. The van der Waals surface area contributed by atoms with E-state index < -0.39 is 0 Å². The van der Waals surface area contributed by atoms with Gasteiger partial charge in [0, 0.05) is 11.4 Å². The molecular formula is C16H18F2N2S. The SMILES string of the molecule is Nc1ccc(F)cc1CCSCCc1cc(F)ccc1N. The first-order valence-corrected chi connectivity index (χ1v) is 7.87. The number of thioether (sulfide) groups is 1. The van der Waals surface area contributed by atoms with Gasteiger partial charge in [-0.2, -0.15) is 11.8 Å². The molecule has 4 N–H and O–H groups in total. The molecule has 0 atom stereocenters. The van der Waals surface area contributed by atoms with Gasteiger partial charge in [0.1, 0.15) is 11.6 Å². The molecule has 0 saturated carbocycles. The molecule has 0 aliphatic carbocycles. The van der Waals surface area contributed by atoms with Gasteiger partial charge in [0.15, 0.2) is 0 Å². The molecule has 0 bridgehead atoms. The fourth-order valence-corrected chi connectivity index (χ4v) is 2.98. The third-order valence-corrected chi connectivity index (χ3v) is 4.23. The van der Waals surface area contributed by atoms with Crippen molar-refractivity contribution in [3.63, 3.8) is 0 Å². The number of nitrogen functional groups attached to an aromatic ring is 2. The van der Waals surface area contributed by atoms with Crippen molar-refractivity contribution in [3.8, 4) is 0 Å². The summed E-state index contributed by atoms with van der Waals surface area (Å²) < 4.78 is 26.2. The van der Waals surface area contributed by atoms with Gasteiger partial charge < -0.3 is 11.5 Å². The molecule has 0 unspecified atom stereocenters. The van der Waals surface area contributed by atoms with Gasteiger partial charge in [0.25, 0.3) is 0 Å². The topological polar surface area (TPSA) is 52.0 Å². The molecule has 0 aliphatic heterocycles. The van der Waals surface area contributed by atoms with E-state index in [1.54, 1.807) is 23.9 Å². The first kappa shape index (κ1) is 15.6. The van der Waals surface area contributed by atoms with Gasteiger partial charge in [-0.25, -0.2) is 8.78 Å². The molecule has 0 fully saturated rings. The van der Waals surface area contributed by atoms with Crippen LogP contribution in [0.25, 0.3) is 0 Å². The highest BCUT2D eigenvalue weighted by atomic mass is 32.2. The number of anilines is 2. The number of halogens is 2. The monoisotopic (exact) mass is 308 g/mol. The van der Waals surface area contributed by atoms with E-state index >= 15 is 0 Å². The summed E-state index contributed by atoms with van der Waals surface area (Å²) in [4.78, 5) is 0. The molecule has 0 aliphatic rings. The molecule has 0 amide bonds. The minimum Gasteiger partial charge on any atom is -0.399 e. The Labute approximate surface area is 127 Å². The molecule has 0 saturated heterocycles. The predicted octanol–water partition coefficient (Wildman–Crippen LogP) is 3.65. The summed E-state index contributed by atoms with van der Waals surface area (Å²) in [5.74, 6) is 1.14. The zero-order valence-electron chi connectivity index (χ0n) is 11.6. The second-order valence-corrected chi connectivity index (χ2v) is 6.02. The van der Waals surface area contributed by atoms with Crippen molar-refractivity contribution in [1.82, 2.24) is 0 Å². The van der Waals surface area contributed by atoms with Gasteiger partial charge in [-0.1, -0.05) is 0 Å². The van der Waals surface area contributed by atoms with Crippen molar-refractivity contribution in [2.45, 2.75) is 12.8 Å². The third kappa shape index (κ3) is 4.63. The van der Waals surface area contributed by atoms with Crippen LogP contribution >= 0.6 is 11.8 Å². The maximum absolute atomic E-state index is 13.1. The Hall–Kier alpha value is -1.75. The standard InChI is InChI=1S/C16H18F2N2S/c17-13-1-3-15(19)11(9-13)5-7-21-8-6-12-10-14(18)2-4-16(12)20/h1-4,9-10H,5-8,19-20H2. The minimum absolute atomic E-state index is 0.267.